The van der Waals surface area contributed by atoms with Gasteiger partial charge >= 0.3 is 0 Å². The standard InChI is InChI=1S/C15H18N4OS/c1-11(9-19-7-3-6-17-19)16-8-13-10-21-15(18-13)14-5-4-12(2)20-14/h3-7,10-11,16H,8-9H2,1-2H3/t11-/m0/s1. The summed E-state index contributed by atoms with van der Waals surface area (Å²) in [6, 6.07) is 6.19. The van der Waals surface area contributed by atoms with Crippen LogP contribution >= 0.6 is 11.3 Å². The molecule has 3 heterocycles. The van der Waals surface area contributed by atoms with E-state index in [1.165, 1.54) is 0 Å². The highest BCUT2D eigenvalue weighted by Gasteiger charge is 2.09. The van der Waals surface area contributed by atoms with Gasteiger partial charge in [0.2, 0.25) is 0 Å². The number of aryl methyl sites for hydroxylation is 1. The van der Waals surface area contributed by atoms with E-state index in [1.54, 1.807) is 17.5 Å². The van der Waals surface area contributed by atoms with Gasteiger partial charge in [0, 0.05) is 30.4 Å². The van der Waals surface area contributed by atoms with Crippen molar-refractivity contribution in [3.8, 4) is 10.8 Å². The predicted octanol–water partition coefficient (Wildman–Crippen LogP) is 3.09. The summed E-state index contributed by atoms with van der Waals surface area (Å²) in [5, 5.41) is 10.7. The van der Waals surface area contributed by atoms with Crippen molar-refractivity contribution < 1.29 is 4.42 Å². The van der Waals surface area contributed by atoms with Crippen molar-refractivity contribution in [1.82, 2.24) is 20.1 Å². The third kappa shape index (κ3) is 3.59. The van der Waals surface area contributed by atoms with Crippen LogP contribution in [-0.4, -0.2) is 20.8 Å². The molecule has 3 aromatic rings. The highest BCUT2D eigenvalue weighted by atomic mass is 32.1. The Kier molecular flexibility index (Phi) is 4.17. The molecule has 3 rings (SSSR count). The van der Waals surface area contributed by atoms with E-state index >= 15 is 0 Å². The van der Waals surface area contributed by atoms with E-state index in [0.717, 1.165) is 35.3 Å². The normalized spacial score (nSPS) is 12.7. The Morgan fingerprint density at radius 2 is 2.33 bits per heavy atom. The van der Waals surface area contributed by atoms with Gasteiger partial charge in [-0.3, -0.25) is 4.68 Å². The number of aromatic nitrogens is 3. The SMILES string of the molecule is Cc1ccc(-c2nc(CN[C@@H](C)Cn3cccn3)cs2)o1. The van der Waals surface area contributed by atoms with Crippen molar-refractivity contribution in [3.05, 3.63) is 47.4 Å². The summed E-state index contributed by atoms with van der Waals surface area (Å²) in [6.07, 6.45) is 3.77. The molecule has 1 N–H and O–H groups in total. The van der Waals surface area contributed by atoms with E-state index in [9.17, 15) is 0 Å². The third-order valence-electron chi connectivity index (χ3n) is 3.15. The van der Waals surface area contributed by atoms with E-state index in [1.807, 2.05) is 36.0 Å². The number of rotatable bonds is 6. The van der Waals surface area contributed by atoms with Crippen LogP contribution in [0, 0.1) is 6.92 Å². The zero-order chi connectivity index (χ0) is 14.7. The minimum Gasteiger partial charge on any atom is -0.459 e. The first-order valence-electron chi connectivity index (χ1n) is 6.93. The van der Waals surface area contributed by atoms with Crippen molar-refractivity contribution in [3.63, 3.8) is 0 Å². The number of furan rings is 1. The molecule has 0 aliphatic carbocycles. The third-order valence-corrected chi connectivity index (χ3v) is 4.06. The van der Waals surface area contributed by atoms with Crippen molar-refractivity contribution in [2.45, 2.75) is 33.0 Å². The molecule has 0 aliphatic rings. The number of nitrogens with one attached hydrogen (secondary N) is 1. The van der Waals surface area contributed by atoms with Gasteiger partial charge in [-0.15, -0.1) is 11.3 Å². The van der Waals surface area contributed by atoms with E-state index in [4.69, 9.17) is 4.42 Å². The molecule has 0 amide bonds. The summed E-state index contributed by atoms with van der Waals surface area (Å²) in [6.45, 7) is 5.68. The molecule has 6 heteroatoms. The van der Waals surface area contributed by atoms with Crippen LogP contribution in [0.5, 0.6) is 0 Å². The number of nitrogens with zero attached hydrogens (tertiary/aromatic N) is 3. The molecule has 110 valence electrons. The molecule has 0 fully saturated rings. The van der Waals surface area contributed by atoms with Crippen molar-refractivity contribution in [1.29, 1.82) is 0 Å². The van der Waals surface area contributed by atoms with E-state index in [-0.39, 0.29) is 0 Å². The Morgan fingerprint density at radius 1 is 1.43 bits per heavy atom. The summed E-state index contributed by atoms with van der Waals surface area (Å²) in [4.78, 5) is 4.60. The summed E-state index contributed by atoms with van der Waals surface area (Å²) < 4.78 is 7.52. The fraction of sp³-hybridized carbons (Fsp3) is 0.333. The van der Waals surface area contributed by atoms with Gasteiger partial charge in [0.05, 0.1) is 12.2 Å². The predicted molar refractivity (Wildman–Crippen MR) is 83.1 cm³/mol. The average Bonchev–Trinajstić information content (AvgIpc) is 3.17. The minimum absolute atomic E-state index is 0.334. The molecule has 0 bridgehead atoms. The molecular weight excluding hydrogens is 284 g/mol. The fourth-order valence-corrected chi connectivity index (χ4v) is 2.86. The van der Waals surface area contributed by atoms with Crippen molar-refractivity contribution in [2.24, 2.45) is 0 Å². The second-order valence-electron chi connectivity index (χ2n) is 5.06. The second-order valence-corrected chi connectivity index (χ2v) is 5.92. The zero-order valence-electron chi connectivity index (χ0n) is 12.1. The van der Waals surface area contributed by atoms with Gasteiger partial charge in [-0.25, -0.2) is 4.98 Å². The largest absolute Gasteiger partial charge is 0.459 e. The summed E-state index contributed by atoms with van der Waals surface area (Å²) >= 11 is 1.61. The summed E-state index contributed by atoms with van der Waals surface area (Å²) in [5.74, 6) is 1.75. The Labute approximate surface area is 127 Å². The van der Waals surface area contributed by atoms with Gasteiger partial charge in [0.25, 0.3) is 0 Å². The number of thiazole rings is 1. The van der Waals surface area contributed by atoms with Crippen molar-refractivity contribution >= 4 is 11.3 Å². The summed E-state index contributed by atoms with van der Waals surface area (Å²) in [5.41, 5.74) is 1.04. The Bertz CT molecular complexity index is 686. The summed E-state index contributed by atoms with van der Waals surface area (Å²) in [7, 11) is 0. The molecule has 3 aromatic heterocycles. The molecule has 0 spiro atoms. The highest BCUT2D eigenvalue weighted by Crippen LogP contribution is 2.25. The maximum Gasteiger partial charge on any atom is 0.162 e. The first kappa shape index (κ1) is 14.0. The van der Waals surface area contributed by atoms with Crippen LogP contribution in [-0.2, 0) is 13.1 Å². The highest BCUT2D eigenvalue weighted by molar-refractivity contribution is 7.13. The van der Waals surface area contributed by atoms with Crippen LogP contribution in [0.1, 0.15) is 18.4 Å². The molecule has 21 heavy (non-hydrogen) atoms. The van der Waals surface area contributed by atoms with Crippen LogP contribution in [0.4, 0.5) is 0 Å². The minimum atomic E-state index is 0.334. The molecule has 0 unspecified atom stereocenters. The molecular formula is C15H18N4OS. The quantitative estimate of drug-likeness (QED) is 0.760. The monoisotopic (exact) mass is 302 g/mol. The zero-order valence-corrected chi connectivity index (χ0v) is 12.9. The number of hydrogen-bond donors (Lipinski definition) is 1. The number of hydrogen-bond acceptors (Lipinski definition) is 5. The average molecular weight is 302 g/mol. The fourth-order valence-electron chi connectivity index (χ4n) is 2.08. The van der Waals surface area contributed by atoms with Gasteiger partial charge in [0.15, 0.2) is 10.8 Å². The van der Waals surface area contributed by atoms with Gasteiger partial charge in [-0.05, 0) is 32.0 Å². The van der Waals surface area contributed by atoms with Crippen LogP contribution in [0.25, 0.3) is 10.8 Å². The lowest BCUT2D eigenvalue weighted by molar-refractivity contribution is 0.449. The van der Waals surface area contributed by atoms with Gasteiger partial charge < -0.3 is 9.73 Å². The molecule has 0 aliphatic heterocycles. The van der Waals surface area contributed by atoms with Crippen molar-refractivity contribution in [2.75, 3.05) is 0 Å². The first-order chi connectivity index (χ1) is 10.2. The van der Waals surface area contributed by atoms with Crippen LogP contribution in [0.15, 0.2) is 40.4 Å². The lowest BCUT2D eigenvalue weighted by Gasteiger charge is -2.12. The van der Waals surface area contributed by atoms with Gasteiger partial charge in [0.1, 0.15) is 5.76 Å². The molecule has 1 atom stereocenters. The molecule has 0 saturated heterocycles. The van der Waals surface area contributed by atoms with Crippen LogP contribution < -0.4 is 5.32 Å². The molecule has 5 nitrogen and oxygen atoms in total. The smallest absolute Gasteiger partial charge is 0.162 e. The lowest BCUT2D eigenvalue weighted by atomic mass is 10.3. The van der Waals surface area contributed by atoms with E-state index in [2.05, 4.69) is 27.7 Å². The Balaban J connectivity index is 1.55. The molecule has 0 saturated carbocycles. The Morgan fingerprint density at radius 3 is 3.05 bits per heavy atom. The lowest BCUT2D eigenvalue weighted by Crippen LogP contribution is -2.30. The van der Waals surface area contributed by atoms with E-state index in [0.29, 0.717) is 6.04 Å². The van der Waals surface area contributed by atoms with Crippen LogP contribution in [0.2, 0.25) is 0 Å². The van der Waals surface area contributed by atoms with Gasteiger partial charge in [-0.2, -0.15) is 5.10 Å². The Hall–Kier alpha value is -1.92. The first-order valence-corrected chi connectivity index (χ1v) is 7.80. The maximum atomic E-state index is 5.59. The van der Waals surface area contributed by atoms with Crippen LogP contribution in [0.3, 0.4) is 0 Å². The molecule has 0 radical (unpaired) electrons. The molecule has 0 aromatic carbocycles. The van der Waals surface area contributed by atoms with E-state index < -0.39 is 0 Å². The second kappa shape index (κ2) is 6.24. The topological polar surface area (TPSA) is 55.9 Å². The van der Waals surface area contributed by atoms with Gasteiger partial charge in [-0.1, -0.05) is 0 Å². The maximum absolute atomic E-state index is 5.59.